The van der Waals surface area contributed by atoms with Crippen molar-refractivity contribution in [3.05, 3.63) is 55.1 Å². The van der Waals surface area contributed by atoms with E-state index in [1.807, 2.05) is 54.3 Å². The minimum Gasteiger partial charge on any atom is -0.337 e. The van der Waals surface area contributed by atoms with Gasteiger partial charge in [0, 0.05) is 11.4 Å². The molecule has 0 aliphatic carbocycles. The van der Waals surface area contributed by atoms with Crippen LogP contribution in [0.15, 0.2) is 50.6 Å². The van der Waals surface area contributed by atoms with E-state index in [1.165, 1.54) is 28.0 Å². The maximum absolute atomic E-state index is 12.6. The van der Waals surface area contributed by atoms with Crippen LogP contribution in [0.2, 0.25) is 0 Å². The van der Waals surface area contributed by atoms with Gasteiger partial charge in [0.1, 0.15) is 0 Å². The Hall–Kier alpha value is -1.00. The zero-order valence-corrected chi connectivity index (χ0v) is 18.8. The fourth-order valence-electron chi connectivity index (χ4n) is 2.27. The fourth-order valence-corrected chi connectivity index (χ4v) is 6.03. The molecule has 2 heterocycles. The maximum atomic E-state index is 12.6. The Kier molecular flexibility index (Phi) is 7.05. The molecule has 2 aromatic heterocycles. The summed E-state index contributed by atoms with van der Waals surface area (Å²) >= 11 is 13.4. The van der Waals surface area contributed by atoms with Gasteiger partial charge in [-0.15, -0.1) is 16.4 Å². The molecule has 0 atom stereocenters. The van der Waals surface area contributed by atoms with E-state index in [4.69, 9.17) is 12.2 Å². The lowest BCUT2D eigenvalue weighted by Crippen LogP contribution is -2.31. The Morgan fingerprint density at radius 2 is 2.04 bits per heavy atom. The van der Waals surface area contributed by atoms with Crippen molar-refractivity contribution in [2.24, 2.45) is 0 Å². The van der Waals surface area contributed by atoms with E-state index in [9.17, 15) is 4.79 Å². The number of halogens is 1. The zero-order valence-electron chi connectivity index (χ0n) is 13.9. The summed E-state index contributed by atoms with van der Waals surface area (Å²) in [6.45, 7) is 3.32. The number of nitrogens with zero attached hydrogens (tertiary/aromatic N) is 3. The molecule has 4 nitrogen and oxygen atoms in total. The largest absolute Gasteiger partial charge is 0.337 e. The second-order valence-electron chi connectivity index (χ2n) is 5.28. The molecule has 1 aromatic carbocycles. The third-order valence-electron chi connectivity index (χ3n) is 3.56. The SMILES string of the molecule is CCN(Cc1ccc(Br)s1)C(=O)CSc1nn(-c2ccccc2)c(=S)s1. The van der Waals surface area contributed by atoms with Crippen molar-refractivity contribution < 1.29 is 4.79 Å². The van der Waals surface area contributed by atoms with E-state index in [-0.39, 0.29) is 5.91 Å². The predicted octanol–water partition coefficient (Wildman–Crippen LogP) is 5.63. The van der Waals surface area contributed by atoms with E-state index >= 15 is 0 Å². The molecule has 0 aliphatic rings. The molecule has 0 saturated carbocycles. The topological polar surface area (TPSA) is 38.1 Å². The Bertz CT molecular complexity index is 935. The molecule has 0 radical (unpaired) electrons. The molecule has 0 spiro atoms. The summed E-state index contributed by atoms with van der Waals surface area (Å²) in [5, 5.41) is 4.54. The standard InChI is InChI=1S/C17H16BrN3OS4/c1-2-20(10-13-8-9-14(18)25-13)15(22)11-24-16-19-21(17(23)26-16)12-6-4-3-5-7-12/h3-9H,2,10-11H2,1H3. The normalized spacial score (nSPS) is 10.8. The van der Waals surface area contributed by atoms with Crippen LogP contribution in [0.25, 0.3) is 5.69 Å². The first kappa shape index (κ1) is 19.8. The Morgan fingerprint density at radius 1 is 1.27 bits per heavy atom. The molecule has 3 rings (SSSR count). The van der Waals surface area contributed by atoms with Crippen LogP contribution in [0.3, 0.4) is 0 Å². The van der Waals surface area contributed by atoms with Gasteiger partial charge >= 0.3 is 0 Å². The van der Waals surface area contributed by atoms with Gasteiger partial charge in [0.15, 0.2) is 8.29 Å². The van der Waals surface area contributed by atoms with Crippen molar-refractivity contribution in [3.63, 3.8) is 0 Å². The minimum absolute atomic E-state index is 0.106. The van der Waals surface area contributed by atoms with Crippen LogP contribution >= 0.6 is 62.6 Å². The molecular formula is C17H16BrN3OS4. The van der Waals surface area contributed by atoms with Crippen LogP contribution in [0, 0.1) is 3.95 Å². The van der Waals surface area contributed by atoms with Crippen molar-refractivity contribution in [2.45, 2.75) is 17.8 Å². The quantitative estimate of drug-likeness (QED) is 0.321. The molecule has 0 N–H and O–H groups in total. The molecule has 3 aromatic rings. The van der Waals surface area contributed by atoms with Crippen molar-refractivity contribution >= 4 is 68.5 Å². The Labute approximate surface area is 178 Å². The summed E-state index contributed by atoms with van der Waals surface area (Å²) in [7, 11) is 0. The van der Waals surface area contributed by atoms with Crippen LogP contribution in [-0.4, -0.2) is 32.9 Å². The number of aromatic nitrogens is 2. The summed E-state index contributed by atoms with van der Waals surface area (Å²) in [5.74, 6) is 0.465. The molecule has 136 valence electrons. The van der Waals surface area contributed by atoms with Crippen LogP contribution in [0.5, 0.6) is 0 Å². The van der Waals surface area contributed by atoms with Gasteiger partial charge in [0.2, 0.25) is 5.91 Å². The van der Waals surface area contributed by atoms with E-state index in [1.54, 1.807) is 16.0 Å². The van der Waals surface area contributed by atoms with Crippen LogP contribution in [0.4, 0.5) is 0 Å². The van der Waals surface area contributed by atoms with Gasteiger partial charge in [-0.1, -0.05) is 41.3 Å². The van der Waals surface area contributed by atoms with Crippen LogP contribution in [0.1, 0.15) is 11.8 Å². The highest BCUT2D eigenvalue weighted by Crippen LogP contribution is 2.26. The van der Waals surface area contributed by atoms with Gasteiger partial charge in [-0.3, -0.25) is 4.79 Å². The highest BCUT2D eigenvalue weighted by Gasteiger charge is 2.15. The van der Waals surface area contributed by atoms with Gasteiger partial charge in [-0.25, -0.2) is 4.68 Å². The summed E-state index contributed by atoms with van der Waals surface area (Å²) in [4.78, 5) is 15.6. The molecule has 1 amide bonds. The third-order valence-corrected chi connectivity index (χ3v) is 7.52. The van der Waals surface area contributed by atoms with Crippen molar-refractivity contribution in [1.82, 2.24) is 14.7 Å². The van der Waals surface area contributed by atoms with Crippen LogP contribution < -0.4 is 0 Å². The number of para-hydroxylation sites is 1. The van der Waals surface area contributed by atoms with Gasteiger partial charge in [-0.2, -0.15) is 0 Å². The molecule has 0 bridgehead atoms. The Balaban J connectivity index is 1.63. The van der Waals surface area contributed by atoms with E-state index in [2.05, 4.69) is 21.0 Å². The van der Waals surface area contributed by atoms with Crippen molar-refractivity contribution in [1.29, 1.82) is 0 Å². The number of rotatable bonds is 7. The first-order chi connectivity index (χ1) is 12.6. The first-order valence-electron chi connectivity index (χ1n) is 7.87. The molecule has 0 aliphatic heterocycles. The van der Waals surface area contributed by atoms with Gasteiger partial charge in [0.25, 0.3) is 0 Å². The van der Waals surface area contributed by atoms with Gasteiger partial charge in [0.05, 0.1) is 21.8 Å². The molecule has 0 saturated heterocycles. The van der Waals surface area contributed by atoms with Gasteiger partial charge in [-0.05, 0) is 59.3 Å². The maximum Gasteiger partial charge on any atom is 0.233 e. The predicted molar refractivity (Wildman–Crippen MR) is 116 cm³/mol. The number of amides is 1. The monoisotopic (exact) mass is 485 g/mol. The second-order valence-corrected chi connectivity index (χ2v) is 10.7. The lowest BCUT2D eigenvalue weighted by molar-refractivity contribution is -0.128. The number of carbonyl (C=O) groups is 1. The lowest BCUT2D eigenvalue weighted by atomic mass is 10.3. The minimum atomic E-state index is 0.106. The first-order valence-corrected chi connectivity index (χ1v) is 11.7. The third kappa shape index (κ3) is 5.04. The van der Waals surface area contributed by atoms with Crippen molar-refractivity contribution in [2.75, 3.05) is 12.3 Å². The lowest BCUT2D eigenvalue weighted by Gasteiger charge is -2.19. The average Bonchev–Trinajstić information content (AvgIpc) is 3.23. The fraction of sp³-hybridized carbons (Fsp3) is 0.235. The number of benzene rings is 1. The van der Waals surface area contributed by atoms with Gasteiger partial charge < -0.3 is 4.90 Å². The smallest absolute Gasteiger partial charge is 0.233 e. The average molecular weight is 487 g/mol. The number of thiophene rings is 1. The second kappa shape index (κ2) is 9.27. The number of hydrogen-bond acceptors (Lipinski definition) is 6. The zero-order chi connectivity index (χ0) is 18.5. The van der Waals surface area contributed by atoms with E-state index in [0.717, 1.165) is 13.8 Å². The Morgan fingerprint density at radius 3 is 2.69 bits per heavy atom. The summed E-state index contributed by atoms with van der Waals surface area (Å²) in [5.41, 5.74) is 0.936. The summed E-state index contributed by atoms with van der Waals surface area (Å²) in [6, 6.07) is 13.9. The van der Waals surface area contributed by atoms with Crippen LogP contribution in [-0.2, 0) is 11.3 Å². The molecule has 0 unspecified atom stereocenters. The number of thioether (sulfide) groups is 1. The number of hydrogen-bond donors (Lipinski definition) is 0. The molecule has 26 heavy (non-hydrogen) atoms. The van der Waals surface area contributed by atoms with E-state index < -0.39 is 0 Å². The highest BCUT2D eigenvalue weighted by molar-refractivity contribution is 9.11. The molecular weight excluding hydrogens is 470 g/mol. The molecule has 0 fully saturated rings. The number of carbonyl (C=O) groups excluding carboxylic acids is 1. The van der Waals surface area contributed by atoms with E-state index in [0.29, 0.717) is 22.8 Å². The summed E-state index contributed by atoms with van der Waals surface area (Å²) in [6.07, 6.45) is 0. The molecule has 9 heteroatoms. The summed E-state index contributed by atoms with van der Waals surface area (Å²) < 4.78 is 4.31. The highest BCUT2D eigenvalue weighted by atomic mass is 79.9. The van der Waals surface area contributed by atoms with Crippen molar-refractivity contribution in [3.8, 4) is 5.69 Å².